The summed E-state index contributed by atoms with van der Waals surface area (Å²) in [5.41, 5.74) is 0.764. The molecule has 186 valence electrons. The van der Waals surface area contributed by atoms with Gasteiger partial charge in [0.1, 0.15) is 24.1 Å². The molecule has 34 heavy (non-hydrogen) atoms. The van der Waals surface area contributed by atoms with Crippen LogP contribution in [0, 0.1) is 0 Å². The lowest BCUT2D eigenvalue weighted by molar-refractivity contribution is -0.139. The summed E-state index contributed by atoms with van der Waals surface area (Å²) in [6.07, 6.45) is 0.991. The monoisotopic (exact) mass is 511 g/mol. The Kier molecular flexibility index (Phi) is 9.57. The molecule has 0 radical (unpaired) electrons. The molecule has 11 heteroatoms. The number of hydrogen-bond donors (Lipinski definition) is 1. The van der Waals surface area contributed by atoms with Crippen LogP contribution in [0.1, 0.15) is 19.4 Å². The van der Waals surface area contributed by atoms with Crippen LogP contribution in [0.15, 0.2) is 42.5 Å². The molecule has 0 aliphatic rings. The molecule has 0 spiro atoms. The smallest absolute Gasteiger partial charge is 0.244 e. The van der Waals surface area contributed by atoms with E-state index in [2.05, 4.69) is 5.32 Å². The van der Waals surface area contributed by atoms with E-state index >= 15 is 0 Å². The van der Waals surface area contributed by atoms with Gasteiger partial charge < -0.3 is 19.7 Å². The number of likely N-dealkylation sites (N-methyl/N-ethyl adjacent to an activating group) is 1. The number of nitrogens with one attached hydrogen (secondary N) is 1. The minimum atomic E-state index is -3.92. The SMILES string of the molecule is CCNC(=O)[C@@H](C)N(Cc1ccccc1Cl)C(=O)CN(c1cc(OC)ccc1OC)S(C)(=O)=O. The Labute approximate surface area is 205 Å². The van der Waals surface area contributed by atoms with Gasteiger partial charge in [-0.1, -0.05) is 29.8 Å². The van der Waals surface area contributed by atoms with Crippen LogP contribution >= 0.6 is 11.6 Å². The van der Waals surface area contributed by atoms with Crippen molar-refractivity contribution in [2.75, 3.05) is 37.9 Å². The van der Waals surface area contributed by atoms with Crippen LogP contribution in [0.4, 0.5) is 5.69 Å². The Balaban J connectivity index is 2.49. The average molecular weight is 512 g/mol. The molecular weight excluding hydrogens is 482 g/mol. The summed E-state index contributed by atoms with van der Waals surface area (Å²) >= 11 is 6.29. The van der Waals surface area contributed by atoms with E-state index in [0.29, 0.717) is 22.9 Å². The van der Waals surface area contributed by atoms with Gasteiger partial charge in [0.15, 0.2) is 0 Å². The van der Waals surface area contributed by atoms with Crippen LogP contribution in [0.2, 0.25) is 5.02 Å². The third-order valence-electron chi connectivity index (χ3n) is 5.15. The Bertz CT molecular complexity index is 1130. The van der Waals surface area contributed by atoms with Crippen LogP contribution in [0.5, 0.6) is 11.5 Å². The first-order chi connectivity index (χ1) is 16.0. The van der Waals surface area contributed by atoms with Gasteiger partial charge in [-0.05, 0) is 37.6 Å². The zero-order valence-corrected chi connectivity index (χ0v) is 21.4. The number of benzene rings is 2. The minimum Gasteiger partial charge on any atom is -0.497 e. The number of carbonyl (C=O) groups is 2. The van der Waals surface area contributed by atoms with Crippen molar-refractivity contribution >= 4 is 39.1 Å². The molecule has 2 rings (SSSR count). The van der Waals surface area contributed by atoms with Crippen molar-refractivity contribution in [2.45, 2.75) is 26.4 Å². The van der Waals surface area contributed by atoms with Gasteiger partial charge in [-0.2, -0.15) is 0 Å². The highest BCUT2D eigenvalue weighted by molar-refractivity contribution is 7.92. The van der Waals surface area contributed by atoms with Gasteiger partial charge in [-0.15, -0.1) is 0 Å². The summed E-state index contributed by atoms with van der Waals surface area (Å²) in [4.78, 5) is 27.4. The molecule has 0 heterocycles. The Hall–Kier alpha value is -2.98. The average Bonchev–Trinajstić information content (AvgIpc) is 2.80. The summed E-state index contributed by atoms with van der Waals surface area (Å²) in [6.45, 7) is 3.19. The van der Waals surface area contributed by atoms with Crippen LogP contribution in [-0.4, -0.2) is 64.7 Å². The topological polar surface area (TPSA) is 105 Å². The third-order valence-corrected chi connectivity index (χ3v) is 6.65. The highest BCUT2D eigenvalue weighted by atomic mass is 35.5. The predicted octanol–water partition coefficient (Wildman–Crippen LogP) is 2.68. The Morgan fingerprint density at radius 3 is 2.35 bits per heavy atom. The van der Waals surface area contributed by atoms with Gasteiger partial charge in [-0.3, -0.25) is 13.9 Å². The van der Waals surface area contributed by atoms with Crippen molar-refractivity contribution in [3.63, 3.8) is 0 Å². The number of sulfonamides is 1. The highest BCUT2D eigenvalue weighted by Gasteiger charge is 2.31. The van der Waals surface area contributed by atoms with Crippen LogP contribution in [0.25, 0.3) is 0 Å². The summed E-state index contributed by atoms with van der Waals surface area (Å²) in [7, 11) is -1.08. The number of halogens is 1. The Morgan fingerprint density at radius 1 is 1.12 bits per heavy atom. The van der Waals surface area contributed by atoms with Crippen LogP contribution in [0.3, 0.4) is 0 Å². The lowest BCUT2D eigenvalue weighted by atomic mass is 10.1. The van der Waals surface area contributed by atoms with Crippen molar-refractivity contribution in [3.05, 3.63) is 53.1 Å². The maximum atomic E-state index is 13.5. The number of amides is 2. The summed E-state index contributed by atoms with van der Waals surface area (Å²) < 4.78 is 36.9. The molecule has 0 bridgehead atoms. The molecule has 2 amide bonds. The number of ether oxygens (including phenoxy) is 2. The quantitative estimate of drug-likeness (QED) is 0.497. The molecule has 0 aromatic heterocycles. The number of rotatable bonds is 11. The zero-order chi connectivity index (χ0) is 25.5. The molecule has 1 atom stereocenters. The standard InChI is InChI=1S/C23H30ClN3O6S/c1-6-25-23(29)16(2)26(14-17-9-7-8-10-19(17)24)22(28)15-27(34(5,30)31)20-13-18(32-3)11-12-21(20)33-4/h7-13,16H,6,14-15H2,1-5H3,(H,25,29)/t16-/m1/s1. The normalized spacial score (nSPS) is 11.9. The largest absolute Gasteiger partial charge is 0.497 e. The second-order valence-electron chi connectivity index (χ2n) is 7.49. The van der Waals surface area contributed by atoms with Crippen LogP contribution < -0.4 is 19.1 Å². The predicted molar refractivity (Wildman–Crippen MR) is 132 cm³/mol. The fraction of sp³-hybridized carbons (Fsp3) is 0.391. The molecule has 0 fully saturated rings. The number of nitrogens with zero attached hydrogens (tertiary/aromatic N) is 2. The third kappa shape index (κ3) is 6.77. The lowest BCUT2D eigenvalue weighted by Crippen LogP contribution is -2.51. The number of methoxy groups -OCH3 is 2. The molecule has 2 aromatic rings. The first-order valence-electron chi connectivity index (χ1n) is 10.5. The molecule has 9 nitrogen and oxygen atoms in total. The first kappa shape index (κ1) is 27.3. The van der Waals surface area contributed by atoms with Crippen molar-refractivity contribution in [1.82, 2.24) is 10.2 Å². The second-order valence-corrected chi connectivity index (χ2v) is 9.81. The number of hydrogen-bond acceptors (Lipinski definition) is 6. The summed E-state index contributed by atoms with van der Waals surface area (Å²) in [5.74, 6) is -0.323. The second kappa shape index (κ2) is 11.9. The van der Waals surface area contributed by atoms with Gasteiger partial charge in [0.05, 0.1) is 26.2 Å². The number of anilines is 1. The van der Waals surface area contributed by atoms with Gasteiger partial charge >= 0.3 is 0 Å². The molecule has 1 N–H and O–H groups in total. The highest BCUT2D eigenvalue weighted by Crippen LogP contribution is 2.34. The lowest BCUT2D eigenvalue weighted by Gasteiger charge is -2.32. The van der Waals surface area contributed by atoms with E-state index < -0.39 is 28.5 Å². The van der Waals surface area contributed by atoms with Crippen molar-refractivity contribution in [3.8, 4) is 11.5 Å². The molecule has 0 unspecified atom stereocenters. The van der Waals surface area contributed by atoms with Gasteiger partial charge in [0.25, 0.3) is 0 Å². The van der Waals surface area contributed by atoms with E-state index in [0.717, 1.165) is 10.6 Å². The Morgan fingerprint density at radius 2 is 1.79 bits per heavy atom. The van der Waals surface area contributed by atoms with E-state index in [9.17, 15) is 18.0 Å². The zero-order valence-electron chi connectivity index (χ0n) is 19.9. The molecule has 0 aliphatic heterocycles. The van der Waals surface area contributed by atoms with Crippen molar-refractivity contribution in [2.24, 2.45) is 0 Å². The fourth-order valence-electron chi connectivity index (χ4n) is 3.30. The molecule has 0 saturated heterocycles. The van der Waals surface area contributed by atoms with E-state index in [1.54, 1.807) is 50.2 Å². The molecule has 0 aliphatic carbocycles. The fourth-order valence-corrected chi connectivity index (χ4v) is 4.34. The van der Waals surface area contributed by atoms with Crippen LogP contribution in [-0.2, 0) is 26.2 Å². The van der Waals surface area contributed by atoms with Crippen molar-refractivity contribution in [1.29, 1.82) is 0 Å². The van der Waals surface area contributed by atoms with E-state index in [4.69, 9.17) is 21.1 Å². The maximum absolute atomic E-state index is 13.5. The molecule has 0 saturated carbocycles. The molecule has 2 aromatic carbocycles. The van der Waals surface area contributed by atoms with Gasteiger partial charge in [0, 0.05) is 24.2 Å². The van der Waals surface area contributed by atoms with E-state index in [-0.39, 0.29) is 23.9 Å². The number of carbonyl (C=O) groups excluding carboxylic acids is 2. The summed E-state index contributed by atoms with van der Waals surface area (Å²) in [5, 5.41) is 3.12. The molecular formula is C23H30ClN3O6S. The minimum absolute atomic E-state index is 0.0175. The van der Waals surface area contributed by atoms with Gasteiger partial charge in [0.2, 0.25) is 21.8 Å². The van der Waals surface area contributed by atoms with Gasteiger partial charge in [-0.25, -0.2) is 8.42 Å². The maximum Gasteiger partial charge on any atom is 0.244 e. The van der Waals surface area contributed by atoms with E-state index in [1.165, 1.54) is 25.2 Å². The van der Waals surface area contributed by atoms with Crippen molar-refractivity contribution < 1.29 is 27.5 Å². The summed E-state index contributed by atoms with van der Waals surface area (Å²) in [6, 6.07) is 10.7. The van der Waals surface area contributed by atoms with E-state index in [1.807, 2.05) is 0 Å². The first-order valence-corrected chi connectivity index (χ1v) is 12.8.